The summed E-state index contributed by atoms with van der Waals surface area (Å²) in [6.45, 7) is 4.39. The number of ether oxygens (including phenoxy) is 1. The minimum Gasteiger partial charge on any atom is -0.479 e. The summed E-state index contributed by atoms with van der Waals surface area (Å²) >= 11 is 12.2. The zero-order valence-corrected chi connectivity index (χ0v) is 22.2. The van der Waals surface area contributed by atoms with Crippen molar-refractivity contribution in [2.24, 2.45) is 0 Å². The molecule has 0 saturated heterocycles. The van der Waals surface area contributed by atoms with Crippen LogP contribution in [0.3, 0.4) is 0 Å². The molecule has 2 aromatic rings. The van der Waals surface area contributed by atoms with Crippen molar-refractivity contribution in [3.05, 3.63) is 33.6 Å². The van der Waals surface area contributed by atoms with E-state index in [9.17, 15) is 24.1 Å². The molecule has 192 valence electrons. The fourth-order valence-electron chi connectivity index (χ4n) is 3.08. The first-order valence-corrected chi connectivity index (χ1v) is 12.9. The van der Waals surface area contributed by atoms with E-state index >= 15 is 0 Å². The molecule has 0 spiro atoms. The molecule has 1 aromatic heterocycles. The van der Waals surface area contributed by atoms with Gasteiger partial charge in [-0.3, -0.25) is 9.36 Å². The molecule has 35 heavy (non-hydrogen) atoms. The number of esters is 1. The van der Waals surface area contributed by atoms with Crippen LogP contribution in [0.5, 0.6) is 0 Å². The Bertz CT molecular complexity index is 1190. The van der Waals surface area contributed by atoms with Gasteiger partial charge in [0.15, 0.2) is 0 Å². The number of hydrogen-bond donors (Lipinski definition) is 2. The average molecular weight is 550 g/mol. The van der Waals surface area contributed by atoms with Crippen LogP contribution in [0.15, 0.2) is 12.1 Å². The van der Waals surface area contributed by atoms with E-state index in [1.165, 1.54) is 26.4 Å². The zero-order chi connectivity index (χ0) is 26.6. The van der Waals surface area contributed by atoms with Crippen LogP contribution in [0.2, 0.25) is 10.0 Å². The highest BCUT2D eigenvalue weighted by molar-refractivity contribution is 7.52. The van der Waals surface area contributed by atoms with Crippen LogP contribution in [0.25, 0.3) is 11.0 Å². The van der Waals surface area contributed by atoms with E-state index < -0.39 is 49.7 Å². The van der Waals surface area contributed by atoms with Crippen LogP contribution in [0.1, 0.15) is 38.6 Å². The molecule has 0 fully saturated rings. The molecule has 0 bridgehead atoms. The first kappa shape index (κ1) is 28.9. The van der Waals surface area contributed by atoms with E-state index in [4.69, 9.17) is 37.0 Å². The number of carboxylic acids is 1. The van der Waals surface area contributed by atoms with Crippen molar-refractivity contribution < 1.29 is 37.8 Å². The molecule has 14 heteroatoms. The van der Waals surface area contributed by atoms with Crippen LogP contribution in [0, 0.1) is 0 Å². The lowest BCUT2D eigenvalue weighted by Gasteiger charge is -2.29. The molecular weight excluding hydrogens is 524 g/mol. The van der Waals surface area contributed by atoms with Crippen molar-refractivity contribution in [2.45, 2.75) is 51.4 Å². The second-order valence-corrected chi connectivity index (χ2v) is 10.8. The zero-order valence-electron chi connectivity index (χ0n) is 19.8. The largest absolute Gasteiger partial charge is 0.479 e. The molecule has 2 atom stereocenters. The third kappa shape index (κ3) is 6.68. The van der Waals surface area contributed by atoms with Gasteiger partial charge in [-0.25, -0.2) is 19.6 Å². The molecule has 11 nitrogen and oxygen atoms in total. The number of amides is 1. The SMILES string of the molecule is CCC(C)OC(=O)C(Cc1nc2cc(Cl)c(Cl)cc2nc1CP(=O)(OC)OC)(NC(C)=O)C(=O)O. The monoisotopic (exact) mass is 549 g/mol. The first-order valence-electron chi connectivity index (χ1n) is 10.4. The lowest BCUT2D eigenvalue weighted by molar-refractivity contribution is -0.168. The first-order chi connectivity index (χ1) is 16.3. The van der Waals surface area contributed by atoms with Crippen LogP contribution in [0.4, 0.5) is 0 Å². The van der Waals surface area contributed by atoms with Crippen LogP contribution in [-0.4, -0.2) is 58.8 Å². The molecule has 2 unspecified atom stereocenters. The summed E-state index contributed by atoms with van der Waals surface area (Å²) in [4.78, 5) is 46.3. The van der Waals surface area contributed by atoms with Crippen LogP contribution < -0.4 is 5.32 Å². The number of carbonyl (C=O) groups is 3. The molecule has 0 saturated carbocycles. The Morgan fingerprint density at radius 1 is 1.11 bits per heavy atom. The Labute approximate surface area is 212 Å². The van der Waals surface area contributed by atoms with Gasteiger partial charge in [0.25, 0.3) is 0 Å². The summed E-state index contributed by atoms with van der Waals surface area (Å²) in [5.74, 6) is -3.67. The van der Waals surface area contributed by atoms with Crippen molar-refractivity contribution in [1.82, 2.24) is 15.3 Å². The highest BCUT2D eigenvalue weighted by Crippen LogP contribution is 2.50. The molecule has 0 radical (unpaired) electrons. The van der Waals surface area contributed by atoms with Gasteiger partial charge in [0.05, 0.1) is 44.7 Å². The summed E-state index contributed by atoms with van der Waals surface area (Å²) < 4.78 is 28.2. The van der Waals surface area contributed by atoms with Crippen molar-refractivity contribution >= 4 is 59.7 Å². The summed E-state index contributed by atoms with van der Waals surface area (Å²) in [6.07, 6.45) is -1.30. The van der Waals surface area contributed by atoms with E-state index in [0.29, 0.717) is 6.42 Å². The molecule has 2 N–H and O–H groups in total. The minimum atomic E-state index is -3.71. The number of fused-ring (bicyclic) bond motifs is 1. The summed E-state index contributed by atoms with van der Waals surface area (Å²) in [7, 11) is -1.35. The van der Waals surface area contributed by atoms with Crippen LogP contribution >= 0.6 is 30.8 Å². The molecule has 0 aliphatic rings. The Morgan fingerprint density at radius 2 is 1.63 bits per heavy atom. The Morgan fingerprint density at radius 3 is 2.06 bits per heavy atom. The van der Waals surface area contributed by atoms with E-state index in [2.05, 4.69) is 15.3 Å². The smallest absolute Gasteiger partial charge is 0.344 e. The second-order valence-electron chi connectivity index (χ2n) is 7.70. The fourth-order valence-corrected chi connectivity index (χ4v) is 4.43. The normalized spacial score (nSPS) is 14.3. The summed E-state index contributed by atoms with van der Waals surface area (Å²) in [5, 5.41) is 12.6. The maximum atomic E-state index is 13.1. The average Bonchev–Trinajstić information content (AvgIpc) is 2.79. The van der Waals surface area contributed by atoms with Crippen LogP contribution in [-0.2, 0) is 45.3 Å². The number of carboxylic acid groups (broad SMARTS) is 1. The Kier molecular flexibility index (Phi) is 9.61. The van der Waals surface area contributed by atoms with Gasteiger partial charge < -0.3 is 24.2 Å². The highest BCUT2D eigenvalue weighted by Gasteiger charge is 2.50. The minimum absolute atomic E-state index is 0.00948. The molecule has 1 heterocycles. The number of hydrogen-bond acceptors (Lipinski definition) is 9. The fraction of sp³-hybridized carbons (Fsp3) is 0.476. The van der Waals surface area contributed by atoms with Gasteiger partial charge in [-0.15, -0.1) is 0 Å². The van der Waals surface area contributed by atoms with E-state index in [-0.39, 0.29) is 32.5 Å². The number of aliphatic carboxylic acids is 1. The van der Waals surface area contributed by atoms with Crippen molar-refractivity contribution in [2.75, 3.05) is 14.2 Å². The lowest BCUT2D eigenvalue weighted by atomic mass is 9.92. The molecule has 1 amide bonds. The summed E-state index contributed by atoms with van der Waals surface area (Å²) in [6, 6.07) is 2.84. The number of nitrogens with zero attached hydrogens (tertiary/aromatic N) is 2. The quantitative estimate of drug-likeness (QED) is 0.240. The van der Waals surface area contributed by atoms with E-state index in [0.717, 1.165) is 6.92 Å². The molecule has 1 aromatic carbocycles. The number of halogens is 2. The number of aromatic nitrogens is 2. The number of nitrogens with one attached hydrogen (secondary N) is 1. The Hall–Kier alpha value is -2.30. The second kappa shape index (κ2) is 11.6. The maximum absolute atomic E-state index is 13.1. The molecule has 0 aliphatic heterocycles. The van der Waals surface area contributed by atoms with Gasteiger partial charge >= 0.3 is 19.5 Å². The van der Waals surface area contributed by atoms with Gasteiger partial charge in [0, 0.05) is 27.6 Å². The van der Waals surface area contributed by atoms with Crippen molar-refractivity contribution in [3.8, 4) is 0 Å². The predicted octanol–water partition coefficient (Wildman–Crippen LogP) is 3.77. The molecular formula is C21H26Cl2N3O8P. The Balaban J connectivity index is 2.78. The third-order valence-corrected chi connectivity index (χ3v) is 7.70. The van der Waals surface area contributed by atoms with E-state index in [1.807, 2.05) is 0 Å². The summed E-state index contributed by atoms with van der Waals surface area (Å²) in [5.41, 5.74) is -2.12. The third-order valence-electron chi connectivity index (χ3n) is 5.18. The number of rotatable bonds is 11. The van der Waals surface area contributed by atoms with Gasteiger partial charge in [-0.1, -0.05) is 30.1 Å². The standard InChI is InChI=1S/C21H26Cl2N3O8P/c1-6-11(2)34-20(30)21(19(28)29,26-12(3)27)9-17-18(10-35(31,32-4)33-5)25-16-8-14(23)13(22)7-15(16)24-17/h7-8,11H,6,9-10H2,1-5H3,(H,26,27)(H,28,29). The van der Waals surface area contributed by atoms with Crippen molar-refractivity contribution in [3.63, 3.8) is 0 Å². The topological polar surface area (TPSA) is 154 Å². The van der Waals surface area contributed by atoms with Gasteiger partial charge in [0.1, 0.15) is 0 Å². The van der Waals surface area contributed by atoms with Gasteiger partial charge in [-0.05, 0) is 25.5 Å². The van der Waals surface area contributed by atoms with E-state index in [1.54, 1.807) is 13.8 Å². The number of carbonyl (C=O) groups excluding carboxylic acids is 2. The van der Waals surface area contributed by atoms with Crippen molar-refractivity contribution in [1.29, 1.82) is 0 Å². The predicted molar refractivity (Wildman–Crippen MR) is 129 cm³/mol. The van der Waals surface area contributed by atoms with Gasteiger partial charge in [-0.2, -0.15) is 0 Å². The van der Waals surface area contributed by atoms with Gasteiger partial charge in [0.2, 0.25) is 11.4 Å². The number of benzene rings is 1. The lowest BCUT2D eigenvalue weighted by Crippen LogP contribution is -2.62. The molecule has 0 aliphatic carbocycles. The molecule has 2 rings (SSSR count). The maximum Gasteiger partial charge on any atom is 0.344 e. The highest BCUT2D eigenvalue weighted by atomic mass is 35.5.